The zero-order valence-corrected chi connectivity index (χ0v) is 18.5. The molecule has 2 N–H and O–H groups in total. The van der Waals surface area contributed by atoms with Crippen molar-refractivity contribution in [2.75, 3.05) is 20.2 Å². The molecule has 6 heteroatoms. The van der Waals surface area contributed by atoms with E-state index in [4.69, 9.17) is 4.74 Å². The molecule has 0 aliphatic heterocycles. The molecule has 0 spiro atoms. The van der Waals surface area contributed by atoms with Crippen LogP contribution in [0.1, 0.15) is 32.8 Å². The zero-order valence-electron chi connectivity index (χ0n) is 16.2. The van der Waals surface area contributed by atoms with Crippen LogP contribution >= 0.6 is 24.0 Å². The molecule has 0 amide bonds. The number of hydrogen-bond donors (Lipinski definition) is 2. The second-order valence-corrected chi connectivity index (χ2v) is 6.37. The molecular weight excluding hydrogens is 439 g/mol. The highest BCUT2D eigenvalue weighted by Crippen LogP contribution is 2.15. The van der Waals surface area contributed by atoms with Gasteiger partial charge in [-0.2, -0.15) is 0 Å². The van der Waals surface area contributed by atoms with E-state index < -0.39 is 0 Å². The van der Waals surface area contributed by atoms with Gasteiger partial charge in [0.1, 0.15) is 0 Å². The smallest absolute Gasteiger partial charge is 0.191 e. The molecule has 0 saturated carbocycles. The summed E-state index contributed by atoms with van der Waals surface area (Å²) in [5.74, 6) is 1.31. The SMILES string of the molecule is CCOC(CCNC(=NC)NCc1cccc2cccnc12)C(C)C.I. The van der Waals surface area contributed by atoms with Crippen molar-refractivity contribution < 1.29 is 4.74 Å². The van der Waals surface area contributed by atoms with Crippen molar-refractivity contribution in [3.8, 4) is 0 Å². The van der Waals surface area contributed by atoms with Crippen molar-refractivity contribution in [3.05, 3.63) is 42.1 Å². The van der Waals surface area contributed by atoms with Gasteiger partial charge < -0.3 is 15.4 Å². The monoisotopic (exact) mass is 470 g/mol. The van der Waals surface area contributed by atoms with E-state index in [-0.39, 0.29) is 30.1 Å². The Labute approximate surface area is 174 Å². The van der Waals surface area contributed by atoms with Gasteiger partial charge in [0.15, 0.2) is 5.96 Å². The van der Waals surface area contributed by atoms with E-state index in [9.17, 15) is 0 Å². The van der Waals surface area contributed by atoms with Gasteiger partial charge in [0, 0.05) is 38.3 Å². The molecule has 1 aromatic carbocycles. The van der Waals surface area contributed by atoms with Crippen LogP contribution in [0.25, 0.3) is 10.9 Å². The van der Waals surface area contributed by atoms with Crippen LogP contribution in [-0.2, 0) is 11.3 Å². The fraction of sp³-hybridized carbons (Fsp3) is 0.500. The molecule has 144 valence electrons. The number of rotatable bonds is 8. The van der Waals surface area contributed by atoms with E-state index in [0.29, 0.717) is 12.5 Å². The lowest BCUT2D eigenvalue weighted by molar-refractivity contribution is 0.0258. The number of fused-ring (bicyclic) bond motifs is 1. The first-order valence-electron chi connectivity index (χ1n) is 9.04. The molecule has 1 atom stereocenters. The van der Waals surface area contributed by atoms with E-state index in [0.717, 1.165) is 42.0 Å². The van der Waals surface area contributed by atoms with Gasteiger partial charge in [-0.3, -0.25) is 9.98 Å². The number of nitrogens with one attached hydrogen (secondary N) is 2. The summed E-state index contributed by atoms with van der Waals surface area (Å²) in [7, 11) is 1.79. The first-order chi connectivity index (χ1) is 12.2. The van der Waals surface area contributed by atoms with Crippen molar-refractivity contribution in [2.45, 2.75) is 39.8 Å². The van der Waals surface area contributed by atoms with Crippen LogP contribution in [0, 0.1) is 5.92 Å². The predicted molar refractivity (Wildman–Crippen MR) is 120 cm³/mol. The summed E-state index contributed by atoms with van der Waals surface area (Å²) in [6.07, 6.45) is 3.07. The number of benzene rings is 1. The standard InChI is InChI=1S/C20H30N4O.HI/c1-5-25-18(15(2)3)11-13-23-20(21-4)24-14-17-9-6-8-16-10-7-12-22-19(16)17;/h6-10,12,15,18H,5,11,13-14H2,1-4H3,(H2,21,23,24);1H. The van der Waals surface area contributed by atoms with E-state index in [1.807, 2.05) is 19.2 Å². The number of para-hydroxylation sites is 1. The quantitative estimate of drug-likeness (QED) is 0.348. The van der Waals surface area contributed by atoms with E-state index in [2.05, 4.69) is 58.7 Å². The summed E-state index contributed by atoms with van der Waals surface area (Å²) >= 11 is 0. The molecule has 0 radical (unpaired) electrons. The molecule has 26 heavy (non-hydrogen) atoms. The van der Waals surface area contributed by atoms with E-state index in [1.165, 1.54) is 0 Å². The Morgan fingerprint density at radius 1 is 1.19 bits per heavy atom. The summed E-state index contributed by atoms with van der Waals surface area (Å²) in [5.41, 5.74) is 2.19. The van der Waals surface area contributed by atoms with Crippen molar-refractivity contribution in [1.82, 2.24) is 15.6 Å². The van der Waals surface area contributed by atoms with Gasteiger partial charge in [0.05, 0.1) is 11.6 Å². The summed E-state index contributed by atoms with van der Waals surface area (Å²) in [5, 5.41) is 7.89. The van der Waals surface area contributed by atoms with Crippen LogP contribution < -0.4 is 10.6 Å². The van der Waals surface area contributed by atoms with Gasteiger partial charge in [0.25, 0.3) is 0 Å². The number of guanidine groups is 1. The maximum Gasteiger partial charge on any atom is 0.191 e. The van der Waals surface area contributed by atoms with Crippen LogP contribution in [0.5, 0.6) is 0 Å². The molecule has 0 fully saturated rings. The Morgan fingerprint density at radius 3 is 2.65 bits per heavy atom. The maximum atomic E-state index is 5.79. The van der Waals surface area contributed by atoms with Crippen molar-refractivity contribution in [2.24, 2.45) is 10.9 Å². The van der Waals surface area contributed by atoms with Crippen molar-refractivity contribution in [3.63, 3.8) is 0 Å². The van der Waals surface area contributed by atoms with Crippen LogP contribution in [0.3, 0.4) is 0 Å². The highest BCUT2D eigenvalue weighted by Gasteiger charge is 2.13. The number of nitrogens with zero attached hydrogens (tertiary/aromatic N) is 2. The Balaban J connectivity index is 0.00000338. The lowest BCUT2D eigenvalue weighted by Crippen LogP contribution is -2.39. The molecule has 2 rings (SSSR count). The average Bonchev–Trinajstić information content (AvgIpc) is 2.63. The van der Waals surface area contributed by atoms with Crippen LogP contribution in [0.2, 0.25) is 0 Å². The maximum absolute atomic E-state index is 5.79. The molecule has 0 aliphatic carbocycles. The minimum Gasteiger partial charge on any atom is -0.378 e. The lowest BCUT2D eigenvalue weighted by Gasteiger charge is -2.21. The molecule has 0 bridgehead atoms. The third-order valence-electron chi connectivity index (χ3n) is 4.23. The molecule has 0 saturated heterocycles. The summed E-state index contributed by atoms with van der Waals surface area (Å²) < 4.78 is 5.79. The molecule has 1 heterocycles. The van der Waals surface area contributed by atoms with Crippen molar-refractivity contribution in [1.29, 1.82) is 0 Å². The molecule has 1 unspecified atom stereocenters. The highest BCUT2D eigenvalue weighted by atomic mass is 127. The molecule has 5 nitrogen and oxygen atoms in total. The first-order valence-corrected chi connectivity index (χ1v) is 9.04. The van der Waals surface area contributed by atoms with E-state index >= 15 is 0 Å². The number of ether oxygens (including phenoxy) is 1. The van der Waals surface area contributed by atoms with Gasteiger partial charge in [-0.1, -0.05) is 38.1 Å². The zero-order chi connectivity index (χ0) is 18.1. The Morgan fingerprint density at radius 2 is 1.96 bits per heavy atom. The summed E-state index contributed by atoms with van der Waals surface area (Å²) in [6, 6.07) is 10.3. The third kappa shape index (κ3) is 6.72. The number of halogens is 1. The second-order valence-electron chi connectivity index (χ2n) is 6.37. The topological polar surface area (TPSA) is 58.5 Å². The number of pyridine rings is 1. The fourth-order valence-electron chi connectivity index (χ4n) is 2.87. The van der Waals surface area contributed by atoms with Gasteiger partial charge in [-0.05, 0) is 30.9 Å². The van der Waals surface area contributed by atoms with Gasteiger partial charge in [-0.15, -0.1) is 24.0 Å². The number of hydrogen-bond acceptors (Lipinski definition) is 3. The normalized spacial score (nSPS) is 12.7. The largest absolute Gasteiger partial charge is 0.378 e. The molecule has 2 aromatic rings. The van der Waals surface area contributed by atoms with Crippen LogP contribution in [0.4, 0.5) is 0 Å². The van der Waals surface area contributed by atoms with Gasteiger partial charge in [-0.25, -0.2) is 0 Å². The van der Waals surface area contributed by atoms with Crippen molar-refractivity contribution >= 4 is 40.8 Å². The highest BCUT2D eigenvalue weighted by molar-refractivity contribution is 14.0. The number of aromatic nitrogens is 1. The lowest BCUT2D eigenvalue weighted by atomic mass is 10.0. The minimum absolute atomic E-state index is 0. The fourth-order valence-corrected chi connectivity index (χ4v) is 2.87. The third-order valence-corrected chi connectivity index (χ3v) is 4.23. The Hall–Kier alpha value is -1.41. The predicted octanol–water partition coefficient (Wildman–Crippen LogP) is 3.97. The first kappa shape index (κ1) is 22.6. The molecule has 0 aliphatic rings. The number of aliphatic imine (C=N–C) groups is 1. The molecule has 1 aromatic heterocycles. The molecular formula is C20H31IN4O. The summed E-state index contributed by atoms with van der Waals surface area (Å²) in [6.45, 7) is 8.70. The summed E-state index contributed by atoms with van der Waals surface area (Å²) in [4.78, 5) is 8.80. The average molecular weight is 470 g/mol. The second kappa shape index (κ2) is 12.1. The Kier molecular flexibility index (Phi) is 10.5. The van der Waals surface area contributed by atoms with Gasteiger partial charge in [0.2, 0.25) is 0 Å². The van der Waals surface area contributed by atoms with E-state index in [1.54, 1.807) is 7.05 Å². The van der Waals surface area contributed by atoms with Crippen LogP contribution in [-0.4, -0.2) is 37.2 Å². The Bertz CT molecular complexity index is 685. The van der Waals surface area contributed by atoms with Crippen LogP contribution in [0.15, 0.2) is 41.5 Å². The van der Waals surface area contributed by atoms with Gasteiger partial charge >= 0.3 is 0 Å². The minimum atomic E-state index is 0.